The highest BCUT2D eigenvalue weighted by atomic mass is 16.5. The van der Waals surface area contributed by atoms with Crippen molar-refractivity contribution in [2.45, 2.75) is 31.2 Å². The molecule has 0 spiro atoms. The van der Waals surface area contributed by atoms with E-state index >= 15 is 0 Å². The summed E-state index contributed by atoms with van der Waals surface area (Å²) in [5.74, 6) is -1.51. The van der Waals surface area contributed by atoms with Crippen LogP contribution in [-0.2, 0) is 14.3 Å². The second kappa shape index (κ2) is 8.11. The number of esters is 1. The second-order valence-electron chi connectivity index (χ2n) is 5.80. The van der Waals surface area contributed by atoms with Crippen molar-refractivity contribution in [3.63, 3.8) is 0 Å². The van der Waals surface area contributed by atoms with Crippen LogP contribution in [-0.4, -0.2) is 29.9 Å². The number of benzene rings is 1. The molecule has 1 aliphatic rings. The van der Waals surface area contributed by atoms with Gasteiger partial charge in [0.25, 0.3) is 5.91 Å². The average Bonchev–Trinajstić information content (AvgIpc) is 3.09. The van der Waals surface area contributed by atoms with E-state index in [1.807, 2.05) is 0 Å². The molecule has 0 aromatic heterocycles. The summed E-state index contributed by atoms with van der Waals surface area (Å²) in [6, 6.07) is 8.18. The highest BCUT2D eigenvalue weighted by Gasteiger charge is 2.35. The van der Waals surface area contributed by atoms with Crippen LogP contribution in [0.4, 0.5) is 5.69 Å². The number of nitrogens with zero attached hydrogens (tertiary/aromatic N) is 1. The van der Waals surface area contributed by atoms with Gasteiger partial charge >= 0.3 is 5.97 Å². The van der Waals surface area contributed by atoms with E-state index in [9.17, 15) is 19.6 Å². The van der Waals surface area contributed by atoms with Gasteiger partial charge < -0.3 is 15.4 Å². The largest absolute Gasteiger partial charge is 0.452 e. The van der Waals surface area contributed by atoms with Gasteiger partial charge in [0.05, 0.1) is 11.6 Å². The molecule has 0 aliphatic heterocycles. The number of ether oxygens (including phenoxy) is 1. The summed E-state index contributed by atoms with van der Waals surface area (Å²) in [5.41, 5.74) is -0.0780. The van der Waals surface area contributed by atoms with Gasteiger partial charge in [-0.2, -0.15) is 5.26 Å². The van der Waals surface area contributed by atoms with Crippen molar-refractivity contribution in [1.29, 1.82) is 5.26 Å². The molecule has 2 rings (SSSR count). The molecule has 25 heavy (non-hydrogen) atoms. The first-order valence-corrected chi connectivity index (χ1v) is 7.91. The van der Waals surface area contributed by atoms with Gasteiger partial charge in [-0.15, -0.1) is 0 Å². The number of amides is 2. The molecular weight excluding hydrogens is 322 g/mol. The van der Waals surface area contributed by atoms with Crippen molar-refractivity contribution in [2.24, 2.45) is 0 Å². The average molecular weight is 341 g/mol. The number of nitriles is 1. The van der Waals surface area contributed by atoms with Crippen LogP contribution >= 0.6 is 0 Å². The van der Waals surface area contributed by atoms with E-state index in [-0.39, 0.29) is 11.5 Å². The molecule has 0 atom stereocenters. The number of carbonyl (C=O) groups excluding carboxylic acids is 3. The van der Waals surface area contributed by atoms with Gasteiger partial charge in [0, 0.05) is 5.69 Å². The quantitative estimate of drug-likeness (QED) is 0.607. The molecule has 1 aliphatic carbocycles. The van der Waals surface area contributed by atoms with E-state index in [2.05, 4.69) is 23.3 Å². The maximum absolute atomic E-state index is 12.0. The molecule has 2 N–H and O–H groups in total. The van der Waals surface area contributed by atoms with Crippen LogP contribution in [0.1, 0.15) is 36.0 Å². The first kappa shape index (κ1) is 18.2. The van der Waals surface area contributed by atoms with Crippen molar-refractivity contribution in [3.8, 4) is 6.07 Å². The summed E-state index contributed by atoms with van der Waals surface area (Å²) >= 11 is 0. The van der Waals surface area contributed by atoms with Gasteiger partial charge in [0.2, 0.25) is 5.91 Å². The van der Waals surface area contributed by atoms with Crippen molar-refractivity contribution < 1.29 is 19.1 Å². The molecule has 0 bridgehead atoms. The Morgan fingerprint density at radius 1 is 1.24 bits per heavy atom. The summed E-state index contributed by atoms with van der Waals surface area (Å²) in [6.45, 7) is 2.90. The van der Waals surface area contributed by atoms with Crippen molar-refractivity contribution in [3.05, 3.63) is 42.5 Å². The fourth-order valence-electron chi connectivity index (χ4n) is 2.64. The monoisotopic (exact) mass is 341 g/mol. The molecule has 1 saturated carbocycles. The Morgan fingerprint density at radius 3 is 2.44 bits per heavy atom. The van der Waals surface area contributed by atoms with Gasteiger partial charge in [-0.3, -0.25) is 9.59 Å². The maximum Gasteiger partial charge on any atom is 0.338 e. The normalized spacial score (nSPS) is 14.8. The first-order valence-electron chi connectivity index (χ1n) is 7.91. The van der Waals surface area contributed by atoms with Crippen LogP contribution in [0.15, 0.2) is 36.9 Å². The van der Waals surface area contributed by atoms with Gasteiger partial charge in [0.1, 0.15) is 5.54 Å². The minimum absolute atomic E-state index is 0.250. The highest BCUT2D eigenvalue weighted by molar-refractivity contribution is 5.99. The summed E-state index contributed by atoms with van der Waals surface area (Å²) in [4.78, 5) is 35.0. The zero-order valence-corrected chi connectivity index (χ0v) is 13.7. The Morgan fingerprint density at radius 2 is 1.88 bits per heavy atom. The van der Waals surface area contributed by atoms with Crippen LogP contribution in [0.2, 0.25) is 0 Å². The van der Waals surface area contributed by atoms with Crippen LogP contribution < -0.4 is 10.6 Å². The summed E-state index contributed by atoms with van der Waals surface area (Å²) < 4.78 is 4.97. The molecule has 0 saturated heterocycles. The van der Waals surface area contributed by atoms with E-state index in [1.165, 1.54) is 12.1 Å². The molecule has 0 heterocycles. The predicted molar refractivity (Wildman–Crippen MR) is 90.5 cm³/mol. The number of hydrogen-bond donors (Lipinski definition) is 2. The molecule has 1 fully saturated rings. The molecular formula is C18H19N3O4. The van der Waals surface area contributed by atoms with Crippen LogP contribution in [0, 0.1) is 11.3 Å². The summed E-state index contributed by atoms with van der Waals surface area (Å²) in [6.07, 6.45) is 4.14. The minimum atomic E-state index is -0.839. The number of hydrogen-bond acceptors (Lipinski definition) is 5. The van der Waals surface area contributed by atoms with E-state index in [0.29, 0.717) is 18.5 Å². The smallest absolute Gasteiger partial charge is 0.338 e. The summed E-state index contributed by atoms with van der Waals surface area (Å²) in [7, 11) is 0. The third kappa shape index (κ3) is 4.91. The van der Waals surface area contributed by atoms with Crippen molar-refractivity contribution in [1.82, 2.24) is 5.32 Å². The molecule has 2 amide bonds. The lowest BCUT2D eigenvalue weighted by Gasteiger charge is -2.21. The number of anilines is 1. The molecule has 1 aromatic rings. The third-order valence-electron chi connectivity index (χ3n) is 3.96. The fraction of sp³-hybridized carbons (Fsp3) is 0.333. The van der Waals surface area contributed by atoms with Gasteiger partial charge in [-0.25, -0.2) is 4.79 Å². The fourth-order valence-corrected chi connectivity index (χ4v) is 2.64. The van der Waals surface area contributed by atoms with Gasteiger partial charge in [-0.05, 0) is 56.0 Å². The SMILES string of the molecule is C=CC(=O)Nc1ccc(C(=O)OCC(=O)NC2(C#N)CCCC2)cc1. The lowest BCUT2D eigenvalue weighted by Crippen LogP contribution is -2.46. The van der Waals surface area contributed by atoms with E-state index in [1.54, 1.807) is 12.1 Å². The number of nitrogens with one attached hydrogen (secondary N) is 2. The Kier molecular flexibility index (Phi) is 5.90. The number of rotatable bonds is 6. The topological polar surface area (TPSA) is 108 Å². The molecule has 1 aromatic carbocycles. The third-order valence-corrected chi connectivity index (χ3v) is 3.96. The molecule has 0 unspecified atom stereocenters. The second-order valence-corrected chi connectivity index (χ2v) is 5.80. The summed E-state index contributed by atoms with van der Waals surface area (Å²) in [5, 5.41) is 14.4. The maximum atomic E-state index is 12.0. The van der Waals surface area contributed by atoms with Crippen molar-refractivity contribution in [2.75, 3.05) is 11.9 Å². The lowest BCUT2D eigenvalue weighted by molar-refractivity contribution is -0.125. The van der Waals surface area contributed by atoms with E-state index < -0.39 is 24.0 Å². The lowest BCUT2D eigenvalue weighted by atomic mass is 10.00. The Hall–Kier alpha value is -3.14. The first-order chi connectivity index (χ1) is 12.0. The zero-order valence-electron chi connectivity index (χ0n) is 13.7. The van der Waals surface area contributed by atoms with Crippen LogP contribution in [0.3, 0.4) is 0 Å². The van der Waals surface area contributed by atoms with E-state index in [0.717, 1.165) is 18.9 Å². The molecule has 7 heteroatoms. The number of carbonyl (C=O) groups is 3. The Labute approximate surface area is 145 Å². The molecule has 0 radical (unpaired) electrons. The predicted octanol–water partition coefficient (Wildman–Crippen LogP) is 1.92. The minimum Gasteiger partial charge on any atom is -0.452 e. The molecule has 130 valence electrons. The van der Waals surface area contributed by atoms with Gasteiger partial charge in [0.15, 0.2) is 6.61 Å². The Bertz CT molecular complexity index is 713. The highest BCUT2D eigenvalue weighted by Crippen LogP contribution is 2.28. The standard InChI is InChI=1S/C18H19N3O4/c1-2-15(22)20-14-7-5-13(6-8-14)17(24)25-11-16(23)21-18(12-19)9-3-4-10-18/h2,5-8H,1,3-4,9-11H2,(H,20,22)(H,21,23). The molecule has 7 nitrogen and oxygen atoms in total. The van der Waals surface area contributed by atoms with Crippen LogP contribution in [0.5, 0.6) is 0 Å². The van der Waals surface area contributed by atoms with E-state index in [4.69, 9.17) is 4.74 Å². The van der Waals surface area contributed by atoms with Gasteiger partial charge in [-0.1, -0.05) is 6.58 Å². The van der Waals surface area contributed by atoms with Crippen molar-refractivity contribution >= 4 is 23.5 Å². The Balaban J connectivity index is 1.85. The zero-order chi connectivity index (χ0) is 18.3. The van der Waals surface area contributed by atoms with Crippen LogP contribution in [0.25, 0.3) is 0 Å².